The summed E-state index contributed by atoms with van der Waals surface area (Å²) in [6.45, 7) is 0. The van der Waals surface area contributed by atoms with E-state index in [0.717, 1.165) is 16.8 Å². The van der Waals surface area contributed by atoms with Crippen molar-refractivity contribution in [3.05, 3.63) is 78.1 Å². The van der Waals surface area contributed by atoms with Crippen molar-refractivity contribution < 1.29 is 18.7 Å². The van der Waals surface area contributed by atoms with Gasteiger partial charge in [0.05, 0.1) is 13.2 Å². The van der Waals surface area contributed by atoms with Crippen molar-refractivity contribution in [2.45, 2.75) is 0 Å². The van der Waals surface area contributed by atoms with Crippen LogP contribution in [-0.4, -0.2) is 18.8 Å². The Bertz CT molecular complexity index is 1140. The van der Waals surface area contributed by atoms with Crippen LogP contribution in [0.3, 0.4) is 0 Å². The van der Waals surface area contributed by atoms with Gasteiger partial charge in [0.1, 0.15) is 0 Å². The van der Waals surface area contributed by atoms with Crippen LogP contribution in [-0.2, 0) is 9.59 Å². The minimum Gasteiger partial charge on any atom is -0.494 e. The molecule has 0 aliphatic rings. The lowest BCUT2D eigenvalue weighted by atomic mass is 10.0. The molecule has 144 valence electrons. The van der Waals surface area contributed by atoms with Gasteiger partial charge in [-0.25, -0.2) is 4.39 Å². The normalized spacial score (nSPS) is 11.8. The molecular formula is C23H17FN2O3. The van der Waals surface area contributed by atoms with E-state index in [1.165, 1.54) is 25.3 Å². The highest BCUT2D eigenvalue weighted by atomic mass is 19.1. The van der Waals surface area contributed by atoms with Crippen LogP contribution in [0, 0.1) is 23.1 Å². The standard InChI is InChI=1S/C23H17FN2O3/c1-29-22-12-10-15(13-19(22)24)9-11-21(27)18(14-25)23(28)26-20-8-4-6-16-5-2-3-7-17(16)20/h2-13,18H,1H3,(H,26,28)/b11-9+. The van der Waals surface area contributed by atoms with Crippen molar-refractivity contribution in [3.63, 3.8) is 0 Å². The summed E-state index contributed by atoms with van der Waals surface area (Å²) in [4.78, 5) is 24.9. The number of methoxy groups -OCH3 is 1. The molecule has 0 spiro atoms. The summed E-state index contributed by atoms with van der Waals surface area (Å²) in [6, 6.07) is 18.7. The Labute approximate surface area is 167 Å². The lowest BCUT2D eigenvalue weighted by Crippen LogP contribution is -2.27. The van der Waals surface area contributed by atoms with Gasteiger partial charge in [0.15, 0.2) is 23.3 Å². The number of nitrogens with zero attached hydrogens (tertiary/aromatic N) is 1. The summed E-state index contributed by atoms with van der Waals surface area (Å²) in [5.74, 6) is -3.43. The third-order valence-electron chi connectivity index (χ3n) is 4.34. The van der Waals surface area contributed by atoms with Crippen LogP contribution in [0.25, 0.3) is 16.8 Å². The van der Waals surface area contributed by atoms with E-state index < -0.39 is 23.4 Å². The molecule has 3 aromatic rings. The average Bonchev–Trinajstić information content (AvgIpc) is 2.73. The van der Waals surface area contributed by atoms with Crippen molar-refractivity contribution in [1.29, 1.82) is 5.26 Å². The summed E-state index contributed by atoms with van der Waals surface area (Å²) in [5, 5.41) is 13.7. The Morgan fingerprint density at radius 3 is 2.62 bits per heavy atom. The number of fused-ring (bicyclic) bond motifs is 1. The highest BCUT2D eigenvalue weighted by Gasteiger charge is 2.25. The van der Waals surface area contributed by atoms with Crippen LogP contribution in [0.5, 0.6) is 5.75 Å². The maximum absolute atomic E-state index is 13.7. The maximum atomic E-state index is 13.7. The Morgan fingerprint density at radius 1 is 1.14 bits per heavy atom. The van der Waals surface area contributed by atoms with E-state index in [2.05, 4.69) is 5.32 Å². The zero-order valence-corrected chi connectivity index (χ0v) is 15.6. The first kappa shape index (κ1) is 19.8. The number of benzene rings is 3. The van der Waals surface area contributed by atoms with Crippen LogP contribution < -0.4 is 10.1 Å². The fourth-order valence-electron chi connectivity index (χ4n) is 2.85. The topological polar surface area (TPSA) is 79.2 Å². The number of ketones is 1. The number of halogens is 1. The van der Waals surface area contributed by atoms with Gasteiger partial charge in [0, 0.05) is 11.1 Å². The van der Waals surface area contributed by atoms with Gasteiger partial charge in [-0.3, -0.25) is 9.59 Å². The number of rotatable bonds is 6. The largest absolute Gasteiger partial charge is 0.494 e. The predicted octanol–water partition coefficient (Wildman–Crippen LogP) is 4.35. The number of hydrogen-bond acceptors (Lipinski definition) is 4. The molecule has 0 heterocycles. The number of allylic oxidation sites excluding steroid dienone is 1. The molecule has 0 bridgehead atoms. The van der Waals surface area contributed by atoms with Gasteiger partial charge in [0.2, 0.25) is 5.91 Å². The van der Waals surface area contributed by atoms with E-state index in [1.807, 2.05) is 30.3 Å². The smallest absolute Gasteiger partial charge is 0.249 e. The van der Waals surface area contributed by atoms with E-state index in [9.17, 15) is 19.2 Å². The Balaban J connectivity index is 1.76. The van der Waals surface area contributed by atoms with Gasteiger partial charge in [0.25, 0.3) is 0 Å². The molecule has 3 aromatic carbocycles. The number of nitriles is 1. The molecule has 1 amide bonds. The number of nitrogens with one attached hydrogen (secondary N) is 1. The monoisotopic (exact) mass is 388 g/mol. The summed E-state index contributed by atoms with van der Waals surface area (Å²) in [6.07, 6.45) is 2.44. The summed E-state index contributed by atoms with van der Waals surface area (Å²) in [7, 11) is 1.35. The fourth-order valence-corrected chi connectivity index (χ4v) is 2.85. The molecule has 1 atom stereocenters. The Kier molecular flexibility index (Phi) is 6.00. The molecule has 29 heavy (non-hydrogen) atoms. The quantitative estimate of drug-likeness (QED) is 0.503. The van der Waals surface area contributed by atoms with Crippen LogP contribution in [0.4, 0.5) is 10.1 Å². The third-order valence-corrected chi connectivity index (χ3v) is 4.34. The van der Waals surface area contributed by atoms with Crippen molar-refractivity contribution >= 4 is 34.2 Å². The molecule has 0 aliphatic carbocycles. The Hall–Kier alpha value is -3.98. The van der Waals surface area contributed by atoms with Gasteiger partial charge < -0.3 is 10.1 Å². The van der Waals surface area contributed by atoms with Gasteiger partial charge in [-0.15, -0.1) is 0 Å². The van der Waals surface area contributed by atoms with Crippen molar-refractivity contribution in [2.75, 3.05) is 12.4 Å². The minimum absolute atomic E-state index is 0.0813. The summed E-state index contributed by atoms with van der Waals surface area (Å²) >= 11 is 0. The molecule has 1 unspecified atom stereocenters. The fraction of sp³-hybridized carbons (Fsp3) is 0.0870. The third kappa shape index (κ3) is 4.47. The number of amides is 1. The van der Waals surface area contributed by atoms with Crippen LogP contribution in [0.1, 0.15) is 5.56 Å². The number of carbonyl (C=O) groups is 2. The molecule has 1 N–H and O–H groups in total. The van der Waals surface area contributed by atoms with E-state index in [0.29, 0.717) is 11.3 Å². The first-order valence-corrected chi connectivity index (χ1v) is 8.77. The van der Waals surface area contributed by atoms with Gasteiger partial charge in [-0.2, -0.15) is 5.26 Å². The summed E-state index contributed by atoms with van der Waals surface area (Å²) < 4.78 is 18.6. The van der Waals surface area contributed by atoms with Gasteiger partial charge in [-0.05, 0) is 35.2 Å². The van der Waals surface area contributed by atoms with Gasteiger partial charge >= 0.3 is 0 Å². The minimum atomic E-state index is -1.52. The second kappa shape index (κ2) is 8.81. The summed E-state index contributed by atoms with van der Waals surface area (Å²) in [5.41, 5.74) is 0.921. The molecule has 0 saturated heterocycles. The number of anilines is 1. The molecule has 3 rings (SSSR count). The molecule has 0 radical (unpaired) electrons. The number of ether oxygens (including phenoxy) is 1. The second-order valence-electron chi connectivity index (χ2n) is 6.21. The van der Waals surface area contributed by atoms with E-state index in [1.54, 1.807) is 24.3 Å². The zero-order valence-electron chi connectivity index (χ0n) is 15.6. The van der Waals surface area contributed by atoms with Crippen molar-refractivity contribution in [2.24, 2.45) is 5.92 Å². The van der Waals surface area contributed by atoms with Crippen LogP contribution in [0.2, 0.25) is 0 Å². The van der Waals surface area contributed by atoms with Gasteiger partial charge in [-0.1, -0.05) is 48.5 Å². The molecular weight excluding hydrogens is 371 g/mol. The lowest BCUT2D eigenvalue weighted by molar-refractivity contribution is -0.126. The maximum Gasteiger partial charge on any atom is 0.249 e. The lowest BCUT2D eigenvalue weighted by Gasteiger charge is -2.10. The molecule has 0 aliphatic heterocycles. The number of hydrogen-bond donors (Lipinski definition) is 1. The SMILES string of the molecule is COc1ccc(/C=C/C(=O)C(C#N)C(=O)Nc2cccc3ccccc23)cc1F. The second-order valence-corrected chi connectivity index (χ2v) is 6.21. The zero-order chi connectivity index (χ0) is 20.8. The van der Waals surface area contributed by atoms with Crippen molar-refractivity contribution in [3.8, 4) is 11.8 Å². The highest BCUT2D eigenvalue weighted by Crippen LogP contribution is 2.24. The molecule has 6 heteroatoms. The average molecular weight is 388 g/mol. The molecule has 5 nitrogen and oxygen atoms in total. The van der Waals surface area contributed by atoms with Crippen molar-refractivity contribution in [1.82, 2.24) is 0 Å². The first-order valence-electron chi connectivity index (χ1n) is 8.77. The van der Waals surface area contributed by atoms with E-state index in [-0.39, 0.29) is 5.75 Å². The number of carbonyl (C=O) groups excluding carboxylic acids is 2. The Morgan fingerprint density at radius 2 is 1.90 bits per heavy atom. The van der Waals surface area contributed by atoms with Crippen LogP contribution >= 0.6 is 0 Å². The van der Waals surface area contributed by atoms with Crippen LogP contribution in [0.15, 0.2) is 66.7 Å². The molecule has 0 saturated carbocycles. The predicted molar refractivity (Wildman–Crippen MR) is 109 cm³/mol. The first-order chi connectivity index (χ1) is 14.0. The molecule has 0 fully saturated rings. The highest BCUT2D eigenvalue weighted by molar-refractivity contribution is 6.15. The van der Waals surface area contributed by atoms with E-state index in [4.69, 9.17) is 4.74 Å². The molecule has 0 aromatic heterocycles. The van der Waals surface area contributed by atoms with E-state index >= 15 is 0 Å².